The highest BCUT2D eigenvalue weighted by Gasteiger charge is 2.72. The molecule has 0 aromatic heterocycles. The number of likely N-dealkylation sites (tertiary alicyclic amines) is 1. The molecule has 1 aromatic carbocycles. The Hall–Kier alpha value is -1.46. The lowest BCUT2D eigenvalue weighted by atomic mass is 9.49. The van der Waals surface area contributed by atoms with Crippen molar-refractivity contribution in [1.29, 1.82) is 0 Å². The molecule has 3 fully saturated rings. The summed E-state index contributed by atoms with van der Waals surface area (Å²) in [5.41, 5.74) is 3.31. The third-order valence-corrected chi connectivity index (χ3v) is 8.24. The molecule has 1 saturated heterocycles. The van der Waals surface area contributed by atoms with Gasteiger partial charge in [0.05, 0.1) is 16.7 Å². The maximum atomic E-state index is 12.1. The molecule has 0 amide bonds. The standard InChI is InChI=1S/C21H28N2O3/c1-11-13-10-14-21(25)7-3-4-15-20(21,8-9-23(14)12-5-6-12)16(13)19(26-15)18(24)17(11)22-2/h12,14-15,22,24-25H,3-10H2,1-2H3/t14-,15+,20-,21-/m1/s1. The molecule has 4 atom stereocenters. The van der Waals surface area contributed by atoms with Crippen LogP contribution in [0, 0.1) is 6.92 Å². The van der Waals surface area contributed by atoms with Gasteiger partial charge in [-0.15, -0.1) is 0 Å². The number of benzene rings is 1. The molecule has 2 aliphatic heterocycles. The number of rotatable bonds is 2. The van der Waals surface area contributed by atoms with Crippen molar-refractivity contribution in [2.75, 3.05) is 18.9 Å². The van der Waals surface area contributed by atoms with E-state index in [-0.39, 0.29) is 23.3 Å². The Morgan fingerprint density at radius 3 is 2.77 bits per heavy atom. The van der Waals surface area contributed by atoms with Gasteiger partial charge in [0.25, 0.3) is 0 Å². The minimum absolute atomic E-state index is 0.00319. The molecular weight excluding hydrogens is 328 g/mol. The highest BCUT2D eigenvalue weighted by Crippen LogP contribution is 2.67. The molecule has 3 aliphatic carbocycles. The van der Waals surface area contributed by atoms with Crippen molar-refractivity contribution in [3.8, 4) is 11.5 Å². The fourth-order valence-electron chi connectivity index (χ4n) is 7.04. The lowest BCUT2D eigenvalue weighted by molar-refractivity contribution is -0.186. The van der Waals surface area contributed by atoms with Crippen molar-refractivity contribution >= 4 is 5.69 Å². The van der Waals surface area contributed by atoms with Crippen molar-refractivity contribution in [2.45, 2.75) is 81.1 Å². The van der Waals surface area contributed by atoms with Crippen molar-refractivity contribution in [3.63, 3.8) is 0 Å². The van der Waals surface area contributed by atoms with Crippen LogP contribution in [0.3, 0.4) is 0 Å². The molecule has 2 bridgehead atoms. The van der Waals surface area contributed by atoms with Crippen LogP contribution in [0.5, 0.6) is 11.5 Å². The van der Waals surface area contributed by atoms with Gasteiger partial charge in [0, 0.05) is 24.7 Å². The second-order valence-electron chi connectivity index (χ2n) is 9.11. The monoisotopic (exact) mass is 356 g/mol. The van der Waals surface area contributed by atoms with Crippen LogP contribution in [0.2, 0.25) is 0 Å². The van der Waals surface area contributed by atoms with Gasteiger partial charge in [0.15, 0.2) is 11.5 Å². The van der Waals surface area contributed by atoms with Gasteiger partial charge in [-0.3, -0.25) is 4.90 Å². The summed E-state index contributed by atoms with van der Waals surface area (Å²) < 4.78 is 6.41. The van der Waals surface area contributed by atoms with Gasteiger partial charge in [-0.2, -0.15) is 0 Å². The van der Waals surface area contributed by atoms with Crippen LogP contribution in [0.1, 0.15) is 55.2 Å². The summed E-state index contributed by atoms with van der Waals surface area (Å²) in [5, 5.41) is 26.2. The molecule has 2 heterocycles. The number of nitrogens with one attached hydrogen (secondary N) is 1. The number of hydrogen-bond donors (Lipinski definition) is 3. The number of aromatic hydroxyl groups is 1. The third-order valence-electron chi connectivity index (χ3n) is 8.24. The second-order valence-corrected chi connectivity index (χ2v) is 9.11. The van der Waals surface area contributed by atoms with Gasteiger partial charge < -0.3 is 20.3 Å². The van der Waals surface area contributed by atoms with E-state index in [9.17, 15) is 10.2 Å². The van der Waals surface area contributed by atoms with Crippen LogP contribution < -0.4 is 10.1 Å². The van der Waals surface area contributed by atoms with Crippen molar-refractivity contribution < 1.29 is 14.9 Å². The first-order valence-electron chi connectivity index (χ1n) is 10.2. The Balaban J connectivity index is 1.66. The van der Waals surface area contributed by atoms with E-state index in [2.05, 4.69) is 17.1 Å². The normalized spacial score (nSPS) is 40.1. The van der Waals surface area contributed by atoms with Crippen LogP contribution in [0.4, 0.5) is 5.69 Å². The Labute approximate surface area is 154 Å². The molecule has 0 unspecified atom stereocenters. The summed E-state index contributed by atoms with van der Waals surface area (Å²) in [4.78, 5) is 2.61. The number of anilines is 1. The maximum absolute atomic E-state index is 12.1. The maximum Gasteiger partial charge on any atom is 0.182 e. The molecule has 1 spiro atoms. The minimum Gasteiger partial charge on any atom is -0.503 e. The highest BCUT2D eigenvalue weighted by atomic mass is 16.5. The summed E-state index contributed by atoms with van der Waals surface area (Å²) in [6, 6.07) is 0.841. The van der Waals surface area contributed by atoms with Gasteiger partial charge in [-0.25, -0.2) is 0 Å². The van der Waals surface area contributed by atoms with Crippen molar-refractivity contribution in [3.05, 3.63) is 16.7 Å². The van der Waals surface area contributed by atoms with E-state index in [1.807, 2.05) is 7.05 Å². The van der Waals surface area contributed by atoms with Gasteiger partial charge in [-0.05, 0) is 69.5 Å². The molecule has 3 N–H and O–H groups in total. The topological polar surface area (TPSA) is 65.0 Å². The average molecular weight is 356 g/mol. The molecule has 26 heavy (non-hydrogen) atoms. The van der Waals surface area contributed by atoms with Crippen LogP contribution in [0.25, 0.3) is 0 Å². The lowest BCUT2D eigenvalue weighted by Gasteiger charge is -2.63. The van der Waals surface area contributed by atoms with E-state index in [1.165, 1.54) is 18.4 Å². The minimum atomic E-state index is -0.727. The summed E-state index contributed by atoms with van der Waals surface area (Å²) in [6.45, 7) is 3.15. The quantitative estimate of drug-likeness (QED) is 0.711. The predicted octanol–water partition coefficient (Wildman–Crippen LogP) is 2.45. The number of piperidine rings is 1. The van der Waals surface area contributed by atoms with E-state index in [1.54, 1.807) is 0 Å². The van der Waals surface area contributed by atoms with Crippen LogP contribution in [-0.2, 0) is 11.8 Å². The van der Waals surface area contributed by atoms with E-state index < -0.39 is 5.60 Å². The first kappa shape index (κ1) is 15.6. The largest absolute Gasteiger partial charge is 0.503 e. The average Bonchev–Trinajstić information content (AvgIpc) is 3.38. The van der Waals surface area contributed by atoms with Gasteiger partial charge in [0.2, 0.25) is 0 Å². The first-order chi connectivity index (χ1) is 12.5. The number of nitrogens with zero attached hydrogens (tertiary/aromatic N) is 1. The van der Waals surface area contributed by atoms with E-state index in [0.717, 1.165) is 55.5 Å². The number of phenols is 1. The Kier molecular flexibility index (Phi) is 2.81. The molecule has 5 aliphatic rings. The zero-order chi connectivity index (χ0) is 17.8. The van der Waals surface area contributed by atoms with Gasteiger partial charge in [-0.1, -0.05) is 0 Å². The number of phenolic OH excluding ortho intramolecular Hbond substituents is 1. The van der Waals surface area contributed by atoms with Crippen LogP contribution in [0.15, 0.2) is 0 Å². The third kappa shape index (κ3) is 1.50. The number of ether oxygens (including phenoxy) is 1. The van der Waals surface area contributed by atoms with Crippen molar-refractivity contribution in [1.82, 2.24) is 4.90 Å². The molecule has 6 rings (SSSR count). The van der Waals surface area contributed by atoms with Crippen LogP contribution in [-0.4, -0.2) is 52.5 Å². The molecule has 1 aromatic rings. The summed E-state index contributed by atoms with van der Waals surface area (Å²) in [5.74, 6) is 0.886. The molecule has 0 radical (unpaired) electrons. The Bertz CT molecular complexity index is 820. The number of aliphatic hydroxyl groups is 1. The SMILES string of the molecule is CNc1c(C)c2c3c(c1O)O[C@H]1CCC[C@@]4(O)[C@@H](C2)N(C2CC2)CC[C@]314. The predicted molar refractivity (Wildman–Crippen MR) is 99.1 cm³/mol. The first-order valence-corrected chi connectivity index (χ1v) is 10.2. The highest BCUT2D eigenvalue weighted by molar-refractivity contribution is 5.76. The lowest BCUT2D eigenvalue weighted by Crippen LogP contribution is -2.75. The fourth-order valence-corrected chi connectivity index (χ4v) is 7.04. The molecule has 2 saturated carbocycles. The summed E-state index contributed by atoms with van der Waals surface area (Å²) in [7, 11) is 1.86. The Morgan fingerprint density at radius 2 is 2.04 bits per heavy atom. The summed E-state index contributed by atoms with van der Waals surface area (Å²) in [6.07, 6.45) is 7.18. The molecular formula is C21H28N2O3. The van der Waals surface area contributed by atoms with E-state index in [4.69, 9.17) is 4.74 Å². The molecule has 5 nitrogen and oxygen atoms in total. The fraction of sp³-hybridized carbons (Fsp3) is 0.714. The molecule has 5 heteroatoms. The smallest absolute Gasteiger partial charge is 0.182 e. The second kappa shape index (κ2) is 4.68. The van der Waals surface area contributed by atoms with Crippen LogP contribution >= 0.6 is 0 Å². The zero-order valence-corrected chi connectivity index (χ0v) is 15.6. The Morgan fingerprint density at radius 1 is 1.23 bits per heavy atom. The molecule has 140 valence electrons. The van der Waals surface area contributed by atoms with Gasteiger partial charge >= 0.3 is 0 Å². The van der Waals surface area contributed by atoms with E-state index >= 15 is 0 Å². The number of hydrogen-bond acceptors (Lipinski definition) is 5. The zero-order valence-electron chi connectivity index (χ0n) is 15.6. The van der Waals surface area contributed by atoms with Crippen molar-refractivity contribution in [2.24, 2.45) is 0 Å². The van der Waals surface area contributed by atoms with Gasteiger partial charge in [0.1, 0.15) is 6.10 Å². The summed E-state index contributed by atoms with van der Waals surface area (Å²) >= 11 is 0. The van der Waals surface area contributed by atoms with E-state index in [0.29, 0.717) is 11.8 Å².